The fourth-order valence-electron chi connectivity index (χ4n) is 2.06. The van der Waals surface area contributed by atoms with E-state index in [2.05, 4.69) is 52.4 Å². The van der Waals surface area contributed by atoms with Crippen LogP contribution in [0.3, 0.4) is 0 Å². The molecule has 2 aromatic carbocycles. The molecule has 1 N–H and O–H groups in total. The van der Waals surface area contributed by atoms with E-state index in [0.29, 0.717) is 16.8 Å². The van der Waals surface area contributed by atoms with Gasteiger partial charge in [0.2, 0.25) is 0 Å². The first-order chi connectivity index (χ1) is 9.58. The lowest BCUT2D eigenvalue weighted by atomic mass is 10.1. The van der Waals surface area contributed by atoms with Crippen LogP contribution < -0.4 is 10.1 Å². The van der Waals surface area contributed by atoms with Crippen molar-refractivity contribution in [3.63, 3.8) is 0 Å². The van der Waals surface area contributed by atoms with Gasteiger partial charge in [-0.3, -0.25) is 0 Å². The predicted octanol–water partition coefficient (Wildman–Crippen LogP) is 5.15. The molecule has 0 spiro atoms. The fraction of sp³-hybridized carbons (Fsp3) is 0.250. The van der Waals surface area contributed by atoms with Crippen molar-refractivity contribution >= 4 is 33.2 Å². The number of benzene rings is 2. The number of nitrogens with one attached hydrogen (secondary N) is 1. The molecule has 1 atom stereocenters. The minimum Gasteiger partial charge on any atom is -0.495 e. The van der Waals surface area contributed by atoms with Crippen LogP contribution in [0, 0.1) is 0 Å². The quantitative estimate of drug-likeness (QED) is 0.801. The molecule has 20 heavy (non-hydrogen) atoms. The standard InChI is InChI=1S/C16H17BrClNO/c1-11(9-12-3-5-13(17)6-4-12)19-14-7-8-15(18)16(10-14)20-2/h3-8,10-11,19H,9H2,1-2H3. The molecule has 0 aliphatic rings. The highest BCUT2D eigenvalue weighted by atomic mass is 79.9. The molecule has 0 radical (unpaired) electrons. The largest absolute Gasteiger partial charge is 0.495 e. The van der Waals surface area contributed by atoms with Crippen LogP contribution >= 0.6 is 27.5 Å². The van der Waals surface area contributed by atoms with Gasteiger partial charge in [-0.2, -0.15) is 0 Å². The molecule has 2 nitrogen and oxygen atoms in total. The van der Waals surface area contributed by atoms with Gasteiger partial charge in [0.15, 0.2) is 0 Å². The van der Waals surface area contributed by atoms with Gasteiger partial charge in [0.25, 0.3) is 0 Å². The van der Waals surface area contributed by atoms with Crippen LogP contribution in [0.1, 0.15) is 12.5 Å². The number of rotatable bonds is 5. The Bertz CT molecular complexity index is 571. The number of anilines is 1. The van der Waals surface area contributed by atoms with Gasteiger partial charge in [-0.15, -0.1) is 0 Å². The average molecular weight is 355 g/mol. The number of hydrogen-bond donors (Lipinski definition) is 1. The van der Waals surface area contributed by atoms with Crippen LogP contribution in [-0.4, -0.2) is 13.2 Å². The first kappa shape index (κ1) is 15.2. The topological polar surface area (TPSA) is 21.3 Å². The second-order valence-electron chi connectivity index (χ2n) is 4.73. The maximum Gasteiger partial charge on any atom is 0.139 e. The summed E-state index contributed by atoms with van der Waals surface area (Å²) in [5.74, 6) is 0.688. The van der Waals surface area contributed by atoms with Crippen molar-refractivity contribution in [1.29, 1.82) is 0 Å². The number of methoxy groups -OCH3 is 1. The minimum atomic E-state index is 0.321. The highest BCUT2D eigenvalue weighted by Crippen LogP contribution is 2.27. The van der Waals surface area contributed by atoms with Crippen molar-refractivity contribution in [3.8, 4) is 5.75 Å². The second-order valence-corrected chi connectivity index (χ2v) is 6.05. The molecular weight excluding hydrogens is 338 g/mol. The third kappa shape index (κ3) is 4.15. The molecule has 1 unspecified atom stereocenters. The molecule has 0 aliphatic carbocycles. The Morgan fingerprint density at radius 1 is 1.20 bits per heavy atom. The van der Waals surface area contributed by atoms with Crippen LogP contribution in [0.5, 0.6) is 5.75 Å². The Labute approximate surface area is 133 Å². The highest BCUT2D eigenvalue weighted by Gasteiger charge is 2.06. The maximum absolute atomic E-state index is 6.02. The van der Waals surface area contributed by atoms with Crippen molar-refractivity contribution in [1.82, 2.24) is 0 Å². The van der Waals surface area contributed by atoms with Gasteiger partial charge < -0.3 is 10.1 Å². The van der Waals surface area contributed by atoms with Gasteiger partial charge in [-0.1, -0.05) is 39.7 Å². The van der Waals surface area contributed by atoms with Crippen molar-refractivity contribution in [3.05, 3.63) is 57.5 Å². The summed E-state index contributed by atoms with van der Waals surface area (Å²) in [4.78, 5) is 0. The summed E-state index contributed by atoms with van der Waals surface area (Å²) in [6.07, 6.45) is 0.957. The molecule has 2 rings (SSSR count). The monoisotopic (exact) mass is 353 g/mol. The summed E-state index contributed by atoms with van der Waals surface area (Å²) in [7, 11) is 1.62. The van der Waals surface area contributed by atoms with Crippen molar-refractivity contribution in [2.24, 2.45) is 0 Å². The normalized spacial score (nSPS) is 12.0. The van der Waals surface area contributed by atoms with Crippen LogP contribution in [0.4, 0.5) is 5.69 Å². The van der Waals surface area contributed by atoms with Gasteiger partial charge in [0, 0.05) is 22.3 Å². The fourth-order valence-corrected chi connectivity index (χ4v) is 2.52. The van der Waals surface area contributed by atoms with E-state index in [1.54, 1.807) is 7.11 Å². The summed E-state index contributed by atoms with van der Waals surface area (Å²) in [5, 5.41) is 4.08. The first-order valence-electron chi connectivity index (χ1n) is 6.43. The zero-order valence-electron chi connectivity index (χ0n) is 11.5. The van der Waals surface area contributed by atoms with Crippen LogP contribution in [0.2, 0.25) is 5.02 Å². The lowest BCUT2D eigenvalue weighted by Crippen LogP contribution is -2.18. The van der Waals surface area contributed by atoms with Crippen LogP contribution in [0.15, 0.2) is 46.9 Å². The third-order valence-corrected chi connectivity index (χ3v) is 3.86. The maximum atomic E-state index is 6.02. The van der Waals surface area contributed by atoms with Crippen LogP contribution in [-0.2, 0) is 6.42 Å². The Morgan fingerprint density at radius 3 is 2.55 bits per heavy atom. The van der Waals surface area contributed by atoms with E-state index >= 15 is 0 Å². The molecule has 0 amide bonds. The lowest BCUT2D eigenvalue weighted by molar-refractivity contribution is 0.415. The Balaban J connectivity index is 2.00. The number of halogens is 2. The van der Waals surface area contributed by atoms with E-state index in [-0.39, 0.29) is 0 Å². The van der Waals surface area contributed by atoms with Crippen molar-refractivity contribution in [2.45, 2.75) is 19.4 Å². The molecule has 0 saturated heterocycles. The van der Waals surface area contributed by atoms with Gasteiger partial charge in [0.05, 0.1) is 12.1 Å². The Morgan fingerprint density at radius 2 is 1.90 bits per heavy atom. The van der Waals surface area contributed by atoms with E-state index in [9.17, 15) is 0 Å². The van der Waals surface area contributed by atoms with Crippen molar-refractivity contribution in [2.75, 3.05) is 12.4 Å². The zero-order valence-corrected chi connectivity index (χ0v) is 13.8. The molecule has 0 saturated carbocycles. The zero-order chi connectivity index (χ0) is 14.5. The summed E-state index contributed by atoms with van der Waals surface area (Å²) < 4.78 is 6.32. The molecule has 2 aromatic rings. The van der Waals surface area contributed by atoms with E-state index < -0.39 is 0 Å². The molecule has 0 aromatic heterocycles. The van der Waals surface area contributed by atoms with Gasteiger partial charge in [-0.05, 0) is 43.2 Å². The first-order valence-corrected chi connectivity index (χ1v) is 7.60. The smallest absolute Gasteiger partial charge is 0.139 e. The van der Waals surface area contributed by atoms with E-state index in [4.69, 9.17) is 16.3 Å². The summed E-state index contributed by atoms with van der Waals surface area (Å²) in [5.41, 5.74) is 2.31. The molecule has 0 bridgehead atoms. The minimum absolute atomic E-state index is 0.321. The van der Waals surface area contributed by atoms with Crippen molar-refractivity contribution < 1.29 is 4.74 Å². The molecule has 106 valence electrons. The summed E-state index contributed by atoms with van der Waals surface area (Å²) in [6.45, 7) is 2.16. The Hall–Kier alpha value is -1.19. The SMILES string of the molecule is COc1cc(NC(C)Cc2ccc(Br)cc2)ccc1Cl. The molecule has 0 fully saturated rings. The summed E-state index contributed by atoms with van der Waals surface area (Å²) >= 11 is 9.47. The lowest BCUT2D eigenvalue weighted by Gasteiger charge is -2.16. The second kappa shape index (κ2) is 7.00. The predicted molar refractivity (Wildman–Crippen MR) is 88.9 cm³/mol. The molecule has 0 aliphatic heterocycles. The number of hydrogen-bond acceptors (Lipinski definition) is 2. The number of ether oxygens (including phenoxy) is 1. The van der Waals surface area contributed by atoms with E-state index in [1.807, 2.05) is 18.2 Å². The molecule has 0 heterocycles. The van der Waals surface area contributed by atoms with Gasteiger partial charge in [-0.25, -0.2) is 0 Å². The third-order valence-electron chi connectivity index (χ3n) is 3.02. The van der Waals surface area contributed by atoms with Crippen LogP contribution in [0.25, 0.3) is 0 Å². The van der Waals surface area contributed by atoms with Gasteiger partial charge >= 0.3 is 0 Å². The average Bonchev–Trinajstić information content (AvgIpc) is 2.43. The van der Waals surface area contributed by atoms with E-state index in [1.165, 1.54) is 5.56 Å². The van der Waals surface area contributed by atoms with E-state index in [0.717, 1.165) is 16.6 Å². The molecule has 4 heteroatoms. The molecular formula is C16H17BrClNO. The van der Waals surface area contributed by atoms with Gasteiger partial charge in [0.1, 0.15) is 5.75 Å². The highest BCUT2D eigenvalue weighted by molar-refractivity contribution is 9.10. The summed E-state index contributed by atoms with van der Waals surface area (Å²) in [6, 6.07) is 14.4. The Kier molecular flexibility index (Phi) is 5.32.